The van der Waals surface area contributed by atoms with Gasteiger partial charge in [0.25, 0.3) is 11.8 Å². The number of nitrogens with two attached hydrogens (primary N) is 1. The Bertz CT molecular complexity index is 1360. The average Bonchev–Trinajstić information content (AvgIpc) is 3.47. The molecule has 2 amide bonds. The lowest BCUT2D eigenvalue weighted by Crippen LogP contribution is -2.61. The first-order chi connectivity index (χ1) is 16.3. The van der Waals surface area contributed by atoms with Crippen molar-refractivity contribution in [1.29, 1.82) is 0 Å². The third-order valence-electron chi connectivity index (χ3n) is 5.64. The minimum atomic E-state index is -2.17. The Morgan fingerprint density at radius 1 is 1.24 bits per heavy atom. The molecule has 0 aliphatic carbocycles. The summed E-state index contributed by atoms with van der Waals surface area (Å²) in [5, 5.41) is 17.9. The number of morpholine rings is 1. The van der Waals surface area contributed by atoms with Gasteiger partial charge in [0, 0.05) is 35.8 Å². The zero-order valence-corrected chi connectivity index (χ0v) is 18.1. The van der Waals surface area contributed by atoms with Gasteiger partial charge in [-0.25, -0.2) is 0 Å². The summed E-state index contributed by atoms with van der Waals surface area (Å²) in [5.74, 6) is -0.348. The molecule has 2 atom stereocenters. The van der Waals surface area contributed by atoms with Crippen molar-refractivity contribution in [3.63, 3.8) is 0 Å². The SMILES string of the molecule is C[C@](O)(C(=O)Nc1ccc2c(N)noc2c1)[C@H]1OCCN(c2ccc(-c3ccncc3)o2)C1=O. The fourth-order valence-electron chi connectivity index (χ4n) is 3.76. The van der Waals surface area contributed by atoms with E-state index >= 15 is 0 Å². The van der Waals surface area contributed by atoms with E-state index in [9.17, 15) is 14.7 Å². The maximum Gasteiger partial charge on any atom is 0.262 e. The molecule has 11 nitrogen and oxygen atoms in total. The summed E-state index contributed by atoms with van der Waals surface area (Å²) in [6.45, 7) is 1.54. The standard InChI is InChI=1S/C23H21N5O6/c1-23(31,22(30)26-14-2-3-15-17(12-14)34-27-20(15)24)19-21(29)28(10-11-32-19)18-5-4-16(33-18)13-6-8-25-9-7-13/h2-9,12,19,31H,10-11H2,1H3,(H2,24,27)(H,26,30)/t19-,23+/m0/s1. The van der Waals surface area contributed by atoms with Crippen LogP contribution in [0.15, 0.2) is 63.8 Å². The second-order valence-electron chi connectivity index (χ2n) is 7.99. The van der Waals surface area contributed by atoms with Crippen LogP contribution in [0.2, 0.25) is 0 Å². The number of nitrogens with one attached hydrogen (secondary N) is 1. The van der Waals surface area contributed by atoms with E-state index in [-0.39, 0.29) is 24.9 Å². The van der Waals surface area contributed by atoms with Gasteiger partial charge < -0.3 is 29.8 Å². The van der Waals surface area contributed by atoms with Crippen LogP contribution in [-0.4, -0.2) is 51.9 Å². The molecule has 11 heteroatoms. The Morgan fingerprint density at radius 3 is 2.82 bits per heavy atom. The molecular formula is C23H21N5O6. The third-order valence-corrected chi connectivity index (χ3v) is 5.64. The molecule has 0 radical (unpaired) electrons. The van der Waals surface area contributed by atoms with Gasteiger partial charge >= 0.3 is 0 Å². The van der Waals surface area contributed by atoms with Crippen LogP contribution in [0, 0.1) is 0 Å². The number of rotatable bonds is 5. The van der Waals surface area contributed by atoms with Crippen LogP contribution < -0.4 is 16.0 Å². The average molecular weight is 463 g/mol. The van der Waals surface area contributed by atoms with E-state index in [2.05, 4.69) is 15.5 Å². The Morgan fingerprint density at radius 2 is 2.03 bits per heavy atom. The van der Waals surface area contributed by atoms with E-state index in [4.69, 9.17) is 19.4 Å². The highest BCUT2D eigenvalue weighted by atomic mass is 16.5. The molecule has 0 saturated carbocycles. The normalized spacial score (nSPS) is 18.1. The van der Waals surface area contributed by atoms with Gasteiger partial charge in [0.05, 0.1) is 18.5 Å². The van der Waals surface area contributed by atoms with Crippen LogP contribution in [-0.2, 0) is 14.3 Å². The summed E-state index contributed by atoms with van der Waals surface area (Å²) in [6.07, 6.45) is 1.83. The van der Waals surface area contributed by atoms with Crippen LogP contribution in [0.3, 0.4) is 0 Å². The lowest BCUT2D eigenvalue weighted by Gasteiger charge is -2.37. The van der Waals surface area contributed by atoms with Crippen molar-refractivity contribution in [3.8, 4) is 11.3 Å². The minimum absolute atomic E-state index is 0.106. The molecule has 5 rings (SSSR count). The highest BCUT2D eigenvalue weighted by molar-refractivity contribution is 6.06. The molecule has 34 heavy (non-hydrogen) atoms. The number of aliphatic hydroxyl groups is 1. The van der Waals surface area contributed by atoms with Crippen LogP contribution in [0.1, 0.15) is 6.92 Å². The molecular weight excluding hydrogens is 442 g/mol. The number of furan rings is 1. The number of benzene rings is 1. The highest BCUT2D eigenvalue weighted by Crippen LogP contribution is 2.31. The number of carbonyl (C=O) groups is 2. The summed E-state index contributed by atoms with van der Waals surface area (Å²) >= 11 is 0. The number of pyridine rings is 1. The zero-order chi connectivity index (χ0) is 23.9. The Balaban J connectivity index is 1.34. The summed E-state index contributed by atoms with van der Waals surface area (Å²) in [5.41, 5.74) is 5.03. The molecule has 4 N–H and O–H groups in total. The molecule has 4 heterocycles. The van der Waals surface area contributed by atoms with Crippen LogP contribution >= 0.6 is 0 Å². The summed E-state index contributed by atoms with van der Waals surface area (Å²) in [4.78, 5) is 31.5. The Hall–Kier alpha value is -4.22. The van der Waals surface area contributed by atoms with E-state index < -0.39 is 23.5 Å². The van der Waals surface area contributed by atoms with Crippen molar-refractivity contribution >= 4 is 40.2 Å². The fraction of sp³-hybridized carbons (Fsp3) is 0.217. The lowest BCUT2D eigenvalue weighted by molar-refractivity contribution is -0.165. The van der Waals surface area contributed by atoms with Gasteiger partial charge in [0.1, 0.15) is 5.76 Å². The number of nitrogen functional groups attached to an aromatic ring is 1. The van der Waals surface area contributed by atoms with E-state index in [1.165, 1.54) is 17.9 Å². The maximum atomic E-state index is 13.2. The number of ether oxygens (including phenoxy) is 1. The first kappa shape index (κ1) is 21.6. The van der Waals surface area contributed by atoms with Crippen molar-refractivity contribution in [2.24, 2.45) is 0 Å². The molecule has 0 bridgehead atoms. The number of anilines is 3. The molecule has 0 spiro atoms. The van der Waals surface area contributed by atoms with Crippen LogP contribution in [0.4, 0.5) is 17.4 Å². The molecule has 3 aromatic heterocycles. The van der Waals surface area contributed by atoms with Crippen molar-refractivity contribution < 1.29 is 28.4 Å². The zero-order valence-electron chi connectivity index (χ0n) is 18.1. The maximum absolute atomic E-state index is 13.2. The smallest absolute Gasteiger partial charge is 0.262 e. The van der Waals surface area contributed by atoms with Gasteiger partial charge in [-0.1, -0.05) is 5.16 Å². The van der Waals surface area contributed by atoms with Gasteiger partial charge in [-0.05, 0) is 37.3 Å². The number of hydrogen-bond donors (Lipinski definition) is 3. The lowest BCUT2D eigenvalue weighted by atomic mass is 9.95. The second kappa shape index (κ2) is 8.28. The highest BCUT2D eigenvalue weighted by Gasteiger charge is 2.49. The van der Waals surface area contributed by atoms with Gasteiger partial charge in [-0.15, -0.1) is 0 Å². The predicted octanol–water partition coefficient (Wildman–Crippen LogP) is 2.19. The number of hydrogen-bond acceptors (Lipinski definition) is 9. The van der Waals surface area contributed by atoms with E-state index in [1.54, 1.807) is 48.8 Å². The van der Waals surface area contributed by atoms with E-state index in [0.717, 1.165) is 5.56 Å². The predicted molar refractivity (Wildman–Crippen MR) is 122 cm³/mol. The molecule has 1 aliphatic rings. The summed E-state index contributed by atoms with van der Waals surface area (Å²) in [7, 11) is 0. The van der Waals surface area contributed by atoms with E-state index in [0.29, 0.717) is 22.4 Å². The topological polar surface area (TPSA) is 157 Å². The molecule has 174 valence electrons. The van der Waals surface area contributed by atoms with Gasteiger partial charge in [0.15, 0.2) is 23.1 Å². The van der Waals surface area contributed by atoms with Crippen molar-refractivity contribution in [3.05, 3.63) is 54.9 Å². The quantitative estimate of drug-likeness (QED) is 0.403. The molecule has 1 saturated heterocycles. The van der Waals surface area contributed by atoms with Gasteiger partial charge in [0.2, 0.25) is 5.88 Å². The number of fused-ring (bicyclic) bond motifs is 1. The van der Waals surface area contributed by atoms with Crippen molar-refractivity contribution in [1.82, 2.24) is 10.1 Å². The van der Waals surface area contributed by atoms with Gasteiger partial charge in [-0.3, -0.25) is 19.5 Å². The van der Waals surface area contributed by atoms with E-state index in [1.807, 2.05) is 0 Å². The van der Waals surface area contributed by atoms with Crippen molar-refractivity contribution in [2.75, 3.05) is 29.1 Å². The second-order valence-corrected chi connectivity index (χ2v) is 7.99. The first-order valence-corrected chi connectivity index (χ1v) is 10.5. The number of aromatic nitrogens is 2. The van der Waals surface area contributed by atoms with Gasteiger partial charge in [-0.2, -0.15) is 0 Å². The first-order valence-electron chi connectivity index (χ1n) is 10.5. The number of carbonyl (C=O) groups excluding carboxylic acids is 2. The molecule has 1 aromatic carbocycles. The number of nitrogens with zero attached hydrogens (tertiary/aromatic N) is 3. The molecule has 1 fully saturated rings. The number of amides is 2. The monoisotopic (exact) mass is 463 g/mol. The largest absolute Gasteiger partial charge is 0.440 e. The third kappa shape index (κ3) is 3.76. The van der Waals surface area contributed by atoms with Crippen molar-refractivity contribution in [2.45, 2.75) is 18.6 Å². The molecule has 1 aliphatic heterocycles. The van der Waals surface area contributed by atoms with Crippen LogP contribution in [0.5, 0.6) is 0 Å². The Labute approximate surface area is 193 Å². The Kier molecular flexibility index (Phi) is 5.27. The molecule has 0 unspecified atom stereocenters. The minimum Gasteiger partial charge on any atom is -0.440 e. The summed E-state index contributed by atoms with van der Waals surface area (Å²) in [6, 6.07) is 11.7. The fourth-order valence-corrected chi connectivity index (χ4v) is 3.76. The summed E-state index contributed by atoms with van der Waals surface area (Å²) < 4.78 is 16.5. The molecule has 4 aromatic rings. The van der Waals surface area contributed by atoms with Crippen LogP contribution in [0.25, 0.3) is 22.3 Å².